The highest BCUT2D eigenvalue weighted by molar-refractivity contribution is 6.42. The van der Waals surface area contributed by atoms with Gasteiger partial charge in [-0.25, -0.2) is 0 Å². The van der Waals surface area contributed by atoms with Crippen LogP contribution in [0.25, 0.3) is 0 Å². The molecule has 1 amide bonds. The summed E-state index contributed by atoms with van der Waals surface area (Å²) in [6.07, 6.45) is 0. The third kappa shape index (κ3) is 4.53. The monoisotopic (exact) mass is 353 g/mol. The predicted octanol–water partition coefficient (Wildman–Crippen LogP) is 5.04. The van der Waals surface area contributed by atoms with Crippen molar-refractivity contribution >= 4 is 34.8 Å². The average Bonchev–Trinajstić information content (AvgIpc) is 2.52. The van der Waals surface area contributed by atoms with Gasteiger partial charge in [0.1, 0.15) is 11.5 Å². The summed E-state index contributed by atoms with van der Waals surface area (Å²) in [5.74, 6) is 0.827. The van der Waals surface area contributed by atoms with Crippen LogP contribution in [-0.4, -0.2) is 19.1 Å². The third-order valence-electron chi connectivity index (χ3n) is 2.99. The number of carbonyl (C=O) groups excluding carboxylic acids is 1. The smallest absolute Gasteiger partial charge is 0.259 e. The maximum atomic E-state index is 12.5. The van der Waals surface area contributed by atoms with Crippen LogP contribution >= 0.6 is 23.2 Å². The van der Waals surface area contributed by atoms with Crippen molar-refractivity contribution in [3.8, 4) is 11.5 Å². The largest absolute Gasteiger partial charge is 0.494 e. The molecule has 1 N–H and O–H groups in total. The zero-order valence-corrected chi connectivity index (χ0v) is 14.4. The van der Waals surface area contributed by atoms with Crippen molar-refractivity contribution in [2.45, 2.75) is 13.8 Å². The summed E-state index contributed by atoms with van der Waals surface area (Å²) in [6, 6.07) is 10.0. The Kier molecular flexibility index (Phi) is 6.13. The van der Waals surface area contributed by atoms with E-state index in [0.29, 0.717) is 46.0 Å². The Morgan fingerprint density at radius 2 is 1.74 bits per heavy atom. The molecule has 2 aromatic carbocycles. The van der Waals surface area contributed by atoms with E-state index in [9.17, 15) is 4.79 Å². The van der Waals surface area contributed by atoms with Gasteiger partial charge in [-0.15, -0.1) is 0 Å². The molecule has 0 radical (unpaired) electrons. The molecule has 0 fully saturated rings. The van der Waals surface area contributed by atoms with E-state index < -0.39 is 0 Å². The second-order valence-corrected chi connectivity index (χ2v) is 5.42. The molecular formula is C17H17Cl2NO3. The van der Waals surface area contributed by atoms with Crippen molar-refractivity contribution in [3.05, 3.63) is 52.0 Å². The second-order valence-electron chi connectivity index (χ2n) is 4.61. The van der Waals surface area contributed by atoms with E-state index in [4.69, 9.17) is 32.7 Å². The Hall–Kier alpha value is -1.91. The van der Waals surface area contributed by atoms with Crippen LogP contribution in [0.4, 0.5) is 5.69 Å². The third-order valence-corrected chi connectivity index (χ3v) is 3.73. The first-order valence-corrected chi connectivity index (χ1v) is 7.96. The Labute approximate surface area is 145 Å². The molecule has 23 heavy (non-hydrogen) atoms. The summed E-state index contributed by atoms with van der Waals surface area (Å²) in [6.45, 7) is 4.74. The lowest BCUT2D eigenvalue weighted by molar-refractivity contribution is 0.102. The summed E-state index contributed by atoms with van der Waals surface area (Å²) >= 11 is 11.8. The number of ether oxygens (including phenoxy) is 2. The summed E-state index contributed by atoms with van der Waals surface area (Å²) in [5, 5.41) is 3.58. The molecule has 0 aliphatic heterocycles. The van der Waals surface area contributed by atoms with Crippen LogP contribution in [0.15, 0.2) is 36.4 Å². The Morgan fingerprint density at radius 3 is 2.39 bits per heavy atom. The van der Waals surface area contributed by atoms with Crippen molar-refractivity contribution < 1.29 is 14.3 Å². The van der Waals surface area contributed by atoms with Gasteiger partial charge in [0.25, 0.3) is 5.91 Å². The molecule has 0 aliphatic carbocycles. The van der Waals surface area contributed by atoms with Crippen LogP contribution in [0.1, 0.15) is 24.2 Å². The molecule has 0 spiro atoms. The molecule has 0 saturated heterocycles. The summed E-state index contributed by atoms with van der Waals surface area (Å²) in [7, 11) is 0. The van der Waals surface area contributed by atoms with Crippen LogP contribution in [0.5, 0.6) is 11.5 Å². The highest BCUT2D eigenvalue weighted by atomic mass is 35.5. The zero-order chi connectivity index (χ0) is 16.8. The number of halogens is 2. The molecule has 6 heteroatoms. The first kappa shape index (κ1) is 17.4. The lowest BCUT2D eigenvalue weighted by Gasteiger charge is -2.13. The quantitative estimate of drug-likeness (QED) is 0.790. The maximum absolute atomic E-state index is 12.5. The van der Waals surface area contributed by atoms with E-state index in [1.165, 1.54) is 0 Å². The molecule has 0 aromatic heterocycles. The van der Waals surface area contributed by atoms with E-state index in [1.807, 2.05) is 13.8 Å². The van der Waals surface area contributed by atoms with Crippen molar-refractivity contribution in [2.24, 2.45) is 0 Å². The van der Waals surface area contributed by atoms with Crippen molar-refractivity contribution in [3.63, 3.8) is 0 Å². The van der Waals surface area contributed by atoms with Gasteiger partial charge in [0, 0.05) is 11.8 Å². The molecule has 4 nitrogen and oxygen atoms in total. The summed E-state index contributed by atoms with van der Waals surface area (Å²) in [4.78, 5) is 12.5. The van der Waals surface area contributed by atoms with Gasteiger partial charge in [0.15, 0.2) is 0 Å². The number of rotatable bonds is 6. The van der Waals surface area contributed by atoms with Gasteiger partial charge >= 0.3 is 0 Å². The topological polar surface area (TPSA) is 47.6 Å². The van der Waals surface area contributed by atoms with Gasteiger partial charge in [-0.3, -0.25) is 4.79 Å². The van der Waals surface area contributed by atoms with Crippen molar-refractivity contribution in [2.75, 3.05) is 18.5 Å². The second kappa shape index (κ2) is 8.09. The van der Waals surface area contributed by atoms with E-state index >= 15 is 0 Å². The normalized spacial score (nSPS) is 10.3. The molecule has 0 bridgehead atoms. The minimum absolute atomic E-state index is 0.296. The van der Waals surface area contributed by atoms with Gasteiger partial charge in [-0.2, -0.15) is 0 Å². The number of amides is 1. The first-order chi connectivity index (χ1) is 11.0. The molecule has 0 saturated carbocycles. The minimum Gasteiger partial charge on any atom is -0.494 e. The highest BCUT2D eigenvalue weighted by Gasteiger charge is 2.14. The maximum Gasteiger partial charge on any atom is 0.259 e. The predicted molar refractivity (Wildman–Crippen MR) is 93.2 cm³/mol. The SMILES string of the molecule is CCOc1ccc(C(=O)Nc2ccc(Cl)c(Cl)c2)c(OCC)c1. The number of anilines is 1. The van der Waals surface area contributed by atoms with Gasteiger partial charge in [0.05, 0.1) is 28.8 Å². The van der Waals surface area contributed by atoms with Gasteiger partial charge < -0.3 is 14.8 Å². The molecule has 122 valence electrons. The first-order valence-electron chi connectivity index (χ1n) is 7.21. The molecule has 0 aliphatic rings. The summed E-state index contributed by atoms with van der Waals surface area (Å²) < 4.78 is 11.0. The lowest BCUT2D eigenvalue weighted by atomic mass is 10.1. The number of hydrogen-bond donors (Lipinski definition) is 1. The Morgan fingerprint density at radius 1 is 1.00 bits per heavy atom. The van der Waals surface area contributed by atoms with Crippen molar-refractivity contribution in [1.82, 2.24) is 0 Å². The Bertz CT molecular complexity index is 704. The highest BCUT2D eigenvalue weighted by Crippen LogP contribution is 2.28. The van der Waals surface area contributed by atoms with Gasteiger partial charge in [-0.05, 0) is 44.2 Å². The number of benzene rings is 2. The van der Waals surface area contributed by atoms with Crippen LogP contribution in [0.2, 0.25) is 10.0 Å². The molecule has 2 rings (SSSR count). The van der Waals surface area contributed by atoms with E-state index in [0.717, 1.165) is 0 Å². The van der Waals surface area contributed by atoms with Gasteiger partial charge in [-0.1, -0.05) is 23.2 Å². The lowest BCUT2D eigenvalue weighted by Crippen LogP contribution is -2.14. The number of hydrogen-bond acceptors (Lipinski definition) is 3. The summed E-state index contributed by atoms with van der Waals surface area (Å²) in [5.41, 5.74) is 0.974. The number of carbonyl (C=O) groups is 1. The van der Waals surface area contributed by atoms with Crippen LogP contribution < -0.4 is 14.8 Å². The van der Waals surface area contributed by atoms with Crippen LogP contribution in [0, 0.1) is 0 Å². The zero-order valence-electron chi connectivity index (χ0n) is 12.9. The van der Waals surface area contributed by atoms with E-state index in [1.54, 1.807) is 36.4 Å². The van der Waals surface area contributed by atoms with Crippen molar-refractivity contribution in [1.29, 1.82) is 0 Å². The fraction of sp³-hybridized carbons (Fsp3) is 0.235. The molecule has 0 atom stereocenters. The fourth-order valence-corrected chi connectivity index (χ4v) is 2.29. The van der Waals surface area contributed by atoms with Gasteiger partial charge in [0.2, 0.25) is 0 Å². The number of nitrogens with one attached hydrogen (secondary N) is 1. The Balaban J connectivity index is 2.24. The average molecular weight is 354 g/mol. The van der Waals surface area contributed by atoms with Crippen LogP contribution in [0.3, 0.4) is 0 Å². The fourth-order valence-electron chi connectivity index (χ4n) is 1.99. The molecular weight excluding hydrogens is 337 g/mol. The molecule has 2 aromatic rings. The molecule has 0 heterocycles. The molecule has 0 unspecified atom stereocenters. The minimum atomic E-state index is -0.296. The van der Waals surface area contributed by atoms with E-state index in [2.05, 4.69) is 5.32 Å². The standard InChI is InChI=1S/C17H17Cl2NO3/c1-3-22-12-6-7-13(16(10-12)23-4-2)17(21)20-11-5-8-14(18)15(19)9-11/h5-10H,3-4H2,1-2H3,(H,20,21). The van der Waals surface area contributed by atoms with Crippen LogP contribution in [-0.2, 0) is 0 Å². The van der Waals surface area contributed by atoms with E-state index in [-0.39, 0.29) is 5.91 Å².